The third kappa shape index (κ3) is 3.28. The number of nitrogens with zero attached hydrogens (tertiary/aromatic N) is 3. The lowest BCUT2D eigenvalue weighted by Crippen LogP contribution is -2.37. The van der Waals surface area contributed by atoms with Crippen LogP contribution in [0.4, 0.5) is 10.7 Å². The molecule has 2 saturated heterocycles. The Morgan fingerprint density at radius 1 is 1.50 bits per heavy atom. The number of aliphatic hydroxyl groups excluding tert-OH is 1. The molecular formula is C14H16N4O3S. The zero-order valence-corrected chi connectivity index (χ0v) is 12.7. The maximum Gasteiger partial charge on any atom is 0.290 e. The van der Waals surface area contributed by atoms with Gasteiger partial charge in [-0.3, -0.25) is 14.9 Å². The van der Waals surface area contributed by atoms with Crippen molar-refractivity contribution in [1.82, 2.24) is 15.3 Å². The molecule has 7 nitrogen and oxygen atoms in total. The number of imide groups is 1. The Labute approximate surface area is 131 Å². The van der Waals surface area contributed by atoms with Crippen LogP contribution in [0.5, 0.6) is 0 Å². The van der Waals surface area contributed by atoms with Gasteiger partial charge in [0, 0.05) is 25.9 Å². The van der Waals surface area contributed by atoms with Gasteiger partial charge < -0.3 is 10.0 Å². The van der Waals surface area contributed by atoms with Gasteiger partial charge >= 0.3 is 0 Å². The molecule has 0 radical (unpaired) electrons. The second kappa shape index (κ2) is 6.45. The average molecular weight is 320 g/mol. The molecule has 3 rings (SSSR count). The molecule has 116 valence electrons. The van der Waals surface area contributed by atoms with Crippen molar-refractivity contribution in [3.63, 3.8) is 0 Å². The number of nitrogens with one attached hydrogen (secondary N) is 1. The molecular weight excluding hydrogens is 304 g/mol. The fraction of sp³-hybridized carbons (Fsp3) is 0.429. The second-order valence-electron chi connectivity index (χ2n) is 5.27. The molecule has 8 heteroatoms. The summed E-state index contributed by atoms with van der Waals surface area (Å²) in [5, 5.41) is 11.1. The zero-order chi connectivity index (χ0) is 15.5. The van der Waals surface area contributed by atoms with Crippen molar-refractivity contribution in [3.05, 3.63) is 22.9 Å². The quantitative estimate of drug-likeness (QED) is 0.802. The first-order chi connectivity index (χ1) is 10.7. The summed E-state index contributed by atoms with van der Waals surface area (Å²) in [6, 6.07) is 1.70. The van der Waals surface area contributed by atoms with E-state index in [1.165, 1.54) is 0 Å². The number of carbonyl (C=O) groups is 2. The van der Waals surface area contributed by atoms with E-state index in [4.69, 9.17) is 0 Å². The van der Waals surface area contributed by atoms with Crippen LogP contribution in [0.15, 0.2) is 17.2 Å². The summed E-state index contributed by atoms with van der Waals surface area (Å²) in [5.41, 5.74) is 0.587. The monoisotopic (exact) mass is 320 g/mol. The van der Waals surface area contributed by atoms with Gasteiger partial charge in [0.1, 0.15) is 0 Å². The molecule has 2 N–H and O–H groups in total. The van der Waals surface area contributed by atoms with Gasteiger partial charge in [0.05, 0.1) is 10.6 Å². The highest BCUT2D eigenvalue weighted by molar-refractivity contribution is 8.18. The lowest BCUT2D eigenvalue weighted by atomic mass is 9.99. The highest BCUT2D eigenvalue weighted by atomic mass is 32.2. The number of piperidine rings is 1. The zero-order valence-electron chi connectivity index (χ0n) is 11.9. The number of carbonyl (C=O) groups excluding carboxylic acids is 2. The van der Waals surface area contributed by atoms with Crippen molar-refractivity contribution in [1.29, 1.82) is 0 Å². The maximum absolute atomic E-state index is 11.6. The number of rotatable bonds is 3. The van der Waals surface area contributed by atoms with E-state index in [1.54, 1.807) is 18.3 Å². The van der Waals surface area contributed by atoms with E-state index in [9.17, 15) is 14.7 Å². The Hall–Kier alpha value is -1.93. The number of thioether (sulfide) groups is 1. The summed E-state index contributed by atoms with van der Waals surface area (Å²) in [6.45, 7) is 1.74. The Balaban J connectivity index is 1.79. The van der Waals surface area contributed by atoms with Gasteiger partial charge in [-0.15, -0.1) is 0 Å². The molecule has 2 aliphatic heterocycles. The van der Waals surface area contributed by atoms with Crippen molar-refractivity contribution >= 4 is 34.9 Å². The minimum atomic E-state index is -0.395. The average Bonchev–Trinajstić information content (AvgIpc) is 2.85. The van der Waals surface area contributed by atoms with Crippen molar-refractivity contribution < 1.29 is 14.7 Å². The van der Waals surface area contributed by atoms with Crippen LogP contribution in [0.2, 0.25) is 0 Å². The molecule has 0 aromatic carbocycles. The molecule has 0 saturated carbocycles. The summed E-state index contributed by atoms with van der Waals surface area (Å²) < 4.78 is 0. The normalized spacial score (nSPS) is 24.0. The van der Waals surface area contributed by atoms with Gasteiger partial charge in [0.15, 0.2) is 0 Å². The molecule has 2 fully saturated rings. The molecule has 1 unspecified atom stereocenters. The van der Waals surface area contributed by atoms with E-state index in [1.807, 2.05) is 4.90 Å². The van der Waals surface area contributed by atoms with Gasteiger partial charge in [-0.1, -0.05) is 0 Å². The van der Waals surface area contributed by atoms with Gasteiger partial charge in [-0.2, -0.15) is 0 Å². The van der Waals surface area contributed by atoms with Gasteiger partial charge in [0.25, 0.3) is 11.1 Å². The number of amides is 2. The lowest BCUT2D eigenvalue weighted by Gasteiger charge is -2.31. The van der Waals surface area contributed by atoms with Crippen molar-refractivity contribution in [2.45, 2.75) is 12.8 Å². The molecule has 3 heterocycles. The van der Waals surface area contributed by atoms with Gasteiger partial charge in [0.2, 0.25) is 5.95 Å². The van der Waals surface area contributed by atoms with Gasteiger partial charge in [-0.25, -0.2) is 9.97 Å². The number of hydrogen-bond acceptors (Lipinski definition) is 7. The fourth-order valence-electron chi connectivity index (χ4n) is 2.55. The highest BCUT2D eigenvalue weighted by Gasteiger charge is 2.25. The van der Waals surface area contributed by atoms with E-state index < -0.39 is 5.91 Å². The van der Waals surface area contributed by atoms with E-state index in [0.29, 0.717) is 16.5 Å². The smallest absolute Gasteiger partial charge is 0.290 e. The first kappa shape index (κ1) is 15.0. The third-order valence-corrected chi connectivity index (χ3v) is 4.46. The van der Waals surface area contributed by atoms with Crippen LogP contribution in [0, 0.1) is 5.92 Å². The van der Waals surface area contributed by atoms with Crippen LogP contribution in [-0.2, 0) is 4.79 Å². The van der Waals surface area contributed by atoms with E-state index in [2.05, 4.69) is 15.3 Å². The number of aliphatic hydroxyl groups is 1. The Bertz CT molecular complexity index is 634. The SMILES string of the molecule is O=C1NC(=O)C(=Cc2ccnc(N3CCCC(CO)C3)n2)S1. The highest BCUT2D eigenvalue weighted by Crippen LogP contribution is 2.26. The summed E-state index contributed by atoms with van der Waals surface area (Å²) in [5.74, 6) is 0.434. The molecule has 2 amide bonds. The van der Waals surface area contributed by atoms with Crippen molar-refractivity contribution in [3.8, 4) is 0 Å². The van der Waals surface area contributed by atoms with E-state index in [0.717, 1.165) is 37.7 Å². The first-order valence-corrected chi connectivity index (χ1v) is 7.91. The Morgan fingerprint density at radius 2 is 2.36 bits per heavy atom. The molecule has 0 spiro atoms. The lowest BCUT2D eigenvalue weighted by molar-refractivity contribution is -0.115. The van der Waals surface area contributed by atoms with Crippen LogP contribution in [0.25, 0.3) is 6.08 Å². The number of anilines is 1. The predicted octanol–water partition coefficient (Wildman–Crippen LogP) is 1.01. The molecule has 1 aromatic rings. The Morgan fingerprint density at radius 3 is 3.09 bits per heavy atom. The van der Waals surface area contributed by atoms with Gasteiger partial charge in [-0.05, 0) is 42.7 Å². The molecule has 1 atom stereocenters. The van der Waals surface area contributed by atoms with Crippen LogP contribution < -0.4 is 10.2 Å². The van der Waals surface area contributed by atoms with Crippen molar-refractivity contribution in [2.24, 2.45) is 5.92 Å². The largest absolute Gasteiger partial charge is 0.396 e. The van der Waals surface area contributed by atoms with Crippen LogP contribution in [0.3, 0.4) is 0 Å². The summed E-state index contributed by atoms with van der Waals surface area (Å²) in [6.07, 6.45) is 5.22. The van der Waals surface area contributed by atoms with Crippen LogP contribution in [-0.4, -0.2) is 45.9 Å². The van der Waals surface area contributed by atoms with Crippen LogP contribution >= 0.6 is 11.8 Å². The molecule has 0 aliphatic carbocycles. The first-order valence-electron chi connectivity index (χ1n) is 7.09. The second-order valence-corrected chi connectivity index (χ2v) is 6.29. The Kier molecular flexibility index (Phi) is 4.39. The minimum Gasteiger partial charge on any atom is -0.396 e. The number of aromatic nitrogens is 2. The molecule has 0 bridgehead atoms. The molecule has 2 aliphatic rings. The standard InChI is InChI=1S/C14H16N4O3S/c19-8-9-2-1-5-18(7-9)13-15-4-3-10(16-13)6-11-12(20)17-14(21)22-11/h3-4,6,9,19H,1-2,5,7-8H2,(H,17,20,21). The third-order valence-electron chi connectivity index (χ3n) is 3.65. The molecule has 1 aromatic heterocycles. The number of hydrogen-bond donors (Lipinski definition) is 2. The maximum atomic E-state index is 11.6. The minimum absolute atomic E-state index is 0.166. The summed E-state index contributed by atoms with van der Waals surface area (Å²) in [7, 11) is 0. The van der Waals surface area contributed by atoms with Crippen LogP contribution in [0.1, 0.15) is 18.5 Å². The fourth-order valence-corrected chi connectivity index (χ4v) is 3.21. The van der Waals surface area contributed by atoms with E-state index >= 15 is 0 Å². The topological polar surface area (TPSA) is 95.4 Å². The summed E-state index contributed by atoms with van der Waals surface area (Å²) >= 11 is 0.868. The van der Waals surface area contributed by atoms with Crippen molar-refractivity contribution in [2.75, 3.05) is 24.6 Å². The summed E-state index contributed by atoms with van der Waals surface area (Å²) in [4.78, 5) is 33.8. The molecule has 22 heavy (non-hydrogen) atoms. The predicted molar refractivity (Wildman–Crippen MR) is 83.2 cm³/mol. The van der Waals surface area contributed by atoms with E-state index in [-0.39, 0.29) is 17.8 Å².